The van der Waals surface area contributed by atoms with Gasteiger partial charge in [0.05, 0.1) is 12.6 Å². The average molecular weight is 553 g/mol. The number of nitrogens with zero attached hydrogens (tertiary/aromatic N) is 3. The van der Waals surface area contributed by atoms with E-state index in [9.17, 15) is 4.39 Å². The number of pyridine rings is 1. The summed E-state index contributed by atoms with van der Waals surface area (Å²) in [5.74, 6) is 2.31. The summed E-state index contributed by atoms with van der Waals surface area (Å²) in [5, 5.41) is 6.68. The number of rotatable bonds is 8. The number of guanidine groups is 1. The van der Waals surface area contributed by atoms with Gasteiger partial charge in [-0.15, -0.1) is 24.0 Å². The third-order valence-corrected chi connectivity index (χ3v) is 5.90. The van der Waals surface area contributed by atoms with E-state index >= 15 is 0 Å². The molecule has 8 heteroatoms. The molecular weight excluding hydrogens is 520 g/mol. The van der Waals surface area contributed by atoms with Gasteiger partial charge in [-0.1, -0.05) is 6.07 Å². The lowest BCUT2D eigenvalue weighted by molar-refractivity contribution is 0.285. The number of halogens is 2. The Kier molecular flexibility index (Phi) is 8.95. The van der Waals surface area contributed by atoms with Gasteiger partial charge in [-0.2, -0.15) is 0 Å². The van der Waals surface area contributed by atoms with Crippen molar-refractivity contribution >= 4 is 35.8 Å². The van der Waals surface area contributed by atoms with Crippen LogP contribution in [0.15, 0.2) is 41.5 Å². The first-order chi connectivity index (χ1) is 15.1. The Morgan fingerprint density at radius 2 is 2.03 bits per heavy atom. The van der Waals surface area contributed by atoms with Crippen LogP contribution >= 0.6 is 24.0 Å². The van der Waals surface area contributed by atoms with Crippen molar-refractivity contribution in [1.29, 1.82) is 0 Å². The summed E-state index contributed by atoms with van der Waals surface area (Å²) in [5.41, 5.74) is 2.00. The lowest BCUT2D eigenvalue weighted by Crippen LogP contribution is -2.38. The van der Waals surface area contributed by atoms with Crippen LogP contribution in [-0.2, 0) is 6.54 Å². The lowest BCUT2D eigenvalue weighted by Gasteiger charge is -2.20. The first kappa shape index (κ1) is 24.5. The minimum atomic E-state index is -0.319. The van der Waals surface area contributed by atoms with Crippen LogP contribution in [0.3, 0.4) is 0 Å². The fraction of sp³-hybridized carbons (Fsp3) is 0.500. The molecule has 0 bridgehead atoms. The highest BCUT2D eigenvalue weighted by Crippen LogP contribution is 2.30. The zero-order valence-corrected chi connectivity index (χ0v) is 21.1. The average Bonchev–Trinajstić information content (AvgIpc) is 3.45. The third-order valence-electron chi connectivity index (χ3n) is 5.90. The molecule has 174 valence electrons. The number of anilines is 1. The van der Waals surface area contributed by atoms with Crippen molar-refractivity contribution in [2.75, 3.05) is 31.6 Å². The van der Waals surface area contributed by atoms with Crippen molar-refractivity contribution < 1.29 is 9.13 Å². The van der Waals surface area contributed by atoms with Crippen LogP contribution in [0.2, 0.25) is 0 Å². The van der Waals surface area contributed by atoms with Crippen LogP contribution in [0.1, 0.15) is 49.8 Å². The lowest BCUT2D eigenvalue weighted by atomic mass is 10.1. The van der Waals surface area contributed by atoms with Gasteiger partial charge in [-0.25, -0.2) is 9.37 Å². The largest absolute Gasteiger partial charge is 0.490 e. The molecule has 1 aliphatic heterocycles. The molecular formula is C24H33FIN5O. The van der Waals surface area contributed by atoms with Crippen LogP contribution in [0.25, 0.3) is 0 Å². The second-order valence-corrected chi connectivity index (χ2v) is 8.45. The summed E-state index contributed by atoms with van der Waals surface area (Å²) in [4.78, 5) is 11.1. The van der Waals surface area contributed by atoms with Crippen LogP contribution in [0, 0.1) is 11.7 Å². The Balaban J connectivity index is 0.00000289. The van der Waals surface area contributed by atoms with E-state index in [1.165, 1.54) is 25.7 Å². The van der Waals surface area contributed by atoms with Gasteiger partial charge in [0, 0.05) is 32.9 Å². The second-order valence-electron chi connectivity index (χ2n) is 8.45. The molecule has 2 aromatic rings. The van der Waals surface area contributed by atoms with Crippen molar-refractivity contribution in [1.82, 2.24) is 15.6 Å². The molecule has 1 unspecified atom stereocenters. The standard InChI is InChI=1S/C24H32FN5O.HI/c1-17(20-7-8-22(21(25)14-20)31-16-18-5-6-18)29-24(26-2)28-15-19-9-10-27-23(13-19)30-11-3-4-12-30;/h7-10,13-14,17-18H,3-6,11-12,15-16H2,1-2H3,(H2,26,28,29);1H. The molecule has 0 spiro atoms. The molecule has 4 rings (SSSR count). The maximum Gasteiger partial charge on any atom is 0.191 e. The van der Waals surface area contributed by atoms with E-state index in [4.69, 9.17) is 4.74 Å². The molecule has 6 nitrogen and oxygen atoms in total. The molecule has 1 atom stereocenters. The summed E-state index contributed by atoms with van der Waals surface area (Å²) in [6.07, 6.45) is 6.69. The highest BCUT2D eigenvalue weighted by atomic mass is 127. The predicted molar refractivity (Wildman–Crippen MR) is 137 cm³/mol. The van der Waals surface area contributed by atoms with E-state index in [1.807, 2.05) is 25.3 Å². The summed E-state index contributed by atoms with van der Waals surface area (Å²) in [6, 6.07) is 9.21. The third kappa shape index (κ3) is 6.70. The SMILES string of the molecule is CN=C(NCc1ccnc(N2CCCC2)c1)NC(C)c1ccc(OCC2CC2)c(F)c1.I. The first-order valence-corrected chi connectivity index (χ1v) is 11.2. The van der Waals surface area contributed by atoms with Crippen LogP contribution in [-0.4, -0.2) is 37.7 Å². The summed E-state index contributed by atoms with van der Waals surface area (Å²) in [6.45, 7) is 5.38. The maximum atomic E-state index is 14.4. The predicted octanol–water partition coefficient (Wildman–Crippen LogP) is 4.65. The van der Waals surface area contributed by atoms with Crippen molar-refractivity contribution in [3.63, 3.8) is 0 Å². The molecule has 1 saturated carbocycles. The van der Waals surface area contributed by atoms with Crippen molar-refractivity contribution in [2.45, 2.75) is 45.2 Å². The zero-order chi connectivity index (χ0) is 21.6. The molecule has 2 heterocycles. The topological polar surface area (TPSA) is 61.8 Å². The van der Waals surface area contributed by atoms with E-state index in [1.54, 1.807) is 19.2 Å². The summed E-state index contributed by atoms with van der Waals surface area (Å²) < 4.78 is 20.0. The fourth-order valence-electron chi connectivity index (χ4n) is 3.75. The van der Waals surface area contributed by atoms with Crippen molar-refractivity contribution in [3.05, 3.63) is 53.5 Å². The number of aromatic nitrogens is 1. The normalized spacial score (nSPS) is 17.0. The van der Waals surface area contributed by atoms with Gasteiger partial charge in [-0.05, 0) is 73.9 Å². The molecule has 1 aliphatic carbocycles. The summed E-state index contributed by atoms with van der Waals surface area (Å²) in [7, 11) is 1.74. The zero-order valence-electron chi connectivity index (χ0n) is 18.8. The maximum absolute atomic E-state index is 14.4. The van der Waals surface area contributed by atoms with Gasteiger partial charge in [-0.3, -0.25) is 4.99 Å². The van der Waals surface area contributed by atoms with Gasteiger partial charge in [0.1, 0.15) is 5.82 Å². The Labute approximate surface area is 207 Å². The van der Waals surface area contributed by atoms with E-state index in [0.717, 1.165) is 30.0 Å². The number of hydrogen-bond donors (Lipinski definition) is 2. The molecule has 32 heavy (non-hydrogen) atoms. The number of ether oxygens (including phenoxy) is 1. The van der Waals surface area contributed by atoms with Gasteiger partial charge in [0.25, 0.3) is 0 Å². The van der Waals surface area contributed by atoms with Gasteiger partial charge in [0.15, 0.2) is 17.5 Å². The molecule has 1 aromatic heterocycles. The van der Waals surface area contributed by atoms with Gasteiger partial charge >= 0.3 is 0 Å². The monoisotopic (exact) mass is 553 g/mol. The number of benzene rings is 1. The van der Waals surface area contributed by atoms with E-state index in [-0.39, 0.29) is 35.8 Å². The van der Waals surface area contributed by atoms with Gasteiger partial charge < -0.3 is 20.3 Å². The molecule has 0 amide bonds. The number of hydrogen-bond acceptors (Lipinski definition) is 4. The fourth-order valence-corrected chi connectivity index (χ4v) is 3.75. The molecule has 0 radical (unpaired) electrons. The highest BCUT2D eigenvalue weighted by Gasteiger charge is 2.22. The van der Waals surface area contributed by atoms with Crippen LogP contribution in [0.5, 0.6) is 5.75 Å². The quantitative estimate of drug-likeness (QED) is 0.283. The number of nitrogens with one attached hydrogen (secondary N) is 2. The first-order valence-electron chi connectivity index (χ1n) is 11.2. The van der Waals surface area contributed by atoms with E-state index in [2.05, 4.69) is 31.6 Å². The highest BCUT2D eigenvalue weighted by molar-refractivity contribution is 14.0. The smallest absolute Gasteiger partial charge is 0.191 e. The van der Waals surface area contributed by atoms with Crippen LogP contribution < -0.4 is 20.3 Å². The molecule has 2 aliphatic rings. The van der Waals surface area contributed by atoms with Crippen molar-refractivity contribution in [2.24, 2.45) is 10.9 Å². The van der Waals surface area contributed by atoms with E-state index in [0.29, 0.717) is 30.8 Å². The second kappa shape index (κ2) is 11.7. The summed E-state index contributed by atoms with van der Waals surface area (Å²) >= 11 is 0. The van der Waals surface area contributed by atoms with Crippen molar-refractivity contribution in [3.8, 4) is 5.75 Å². The van der Waals surface area contributed by atoms with E-state index < -0.39 is 0 Å². The Morgan fingerprint density at radius 3 is 2.72 bits per heavy atom. The molecule has 1 aromatic carbocycles. The Hall–Kier alpha value is -2.10. The number of aliphatic imine (C=N–C) groups is 1. The molecule has 2 N–H and O–H groups in total. The van der Waals surface area contributed by atoms with Crippen LogP contribution in [0.4, 0.5) is 10.2 Å². The minimum Gasteiger partial charge on any atom is -0.490 e. The Bertz CT molecular complexity index is 915. The molecule has 2 fully saturated rings. The Morgan fingerprint density at radius 1 is 1.25 bits per heavy atom. The minimum absolute atomic E-state index is 0. The van der Waals surface area contributed by atoms with Gasteiger partial charge in [0.2, 0.25) is 0 Å². The molecule has 1 saturated heterocycles.